The van der Waals surface area contributed by atoms with E-state index < -0.39 is 10.0 Å². The number of anilines is 2. The van der Waals surface area contributed by atoms with Crippen LogP contribution >= 0.6 is 0 Å². The summed E-state index contributed by atoms with van der Waals surface area (Å²) in [6, 6.07) is 15.7. The molecule has 2 aromatic carbocycles. The molecule has 150 valence electrons. The first kappa shape index (κ1) is 20.4. The molecule has 1 aliphatic heterocycles. The van der Waals surface area contributed by atoms with Crippen molar-refractivity contribution in [2.75, 3.05) is 21.9 Å². The molecule has 0 aliphatic carbocycles. The van der Waals surface area contributed by atoms with E-state index in [-0.39, 0.29) is 11.7 Å². The lowest BCUT2D eigenvalue weighted by atomic mass is 10.0. The number of hydrogen-bond donors (Lipinski definition) is 1. The minimum absolute atomic E-state index is 0.0119. The molecular weight excluding hydrogens is 372 g/mol. The lowest BCUT2D eigenvalue weighted by molar-refractivity contribution is -0.116. The number of aryl methyl sites for hydroxylation is 2. The third-order valence-corrected chi connectivity index (χ3v) is 6.92. The first-order chi connectivity index (χ1) is 13.5. The molecule has 1 amide bonds. The van der Waals surface area contributed by atoms with E-state index in [0.29, 0.717) is 19.4 Å². The number of sulfonamides is 1. The summed E-state index contributed by atoms with van der Waals surface area (Å²) >= 11 is 0. The molecule has 1 N–H and O–H groups in total. The highest BCUT2D eigenvalue weighted by Gasteiger charge is 2.26. The van der Waals surface area contributed by atoms with Crippen LogP contribution in [0.15, 0.2) is 48.5 Å². The first-order valence-corrected chi connectivity index (χ1v) is 11.6. The van der Waals surface area contributed by atoms with Gasteiger partial charge in [0.1, 0.15) is 0 Å². The largest absolute Gasteiger partial charge is 0.326 e. The smallest absolute Gasteiger partial charge is 0.235 e. The Morgan fingerprint density at radius 2 is 1.93 bits per heavy atom. The second-order valence-corrected chi connectivity index (χ2v) is 9.24. The number of carbonyl (C=O) groups excluding carboxylic acids is 1. The van der Waals surface area contributed by atoms with E-state index in [0.717, 1.165) is 42.6 Å². The SMILES string of the molecule is CCCS(=O)(=O)N1CCCc2cc(NC(=O)CCCc3ccccc3)ccc21. The summed E-state index contributed by atoms with van der Waals surface area (Å²) in [6.07, 6.45) is 4.36. The van der Waals surface area contributed by atoms with Crippen LogP contribution in [0.25, 0.3) is 0 Å². The highest BCUT2D eigenvalue weighted by atomic mass is 32.2. The molecular formula is C22H28N2O3S. The Morgan fingerprint density at radius 3 is 2.68 bits per heavy atom. The van der Waals surface area contributed by atoms with Crippen molar-refractivity contribution < 1.29 is 13.2 Å². The maximum atomic E-state index is 12.5. The monoisotopic (exact) mass is 400 g/mol. The number of fused-ring (bicyclic) bond motifs is 1. The summed E-state index contributed by atoms with van der Waals surface area (Å²) in [5, 5.41) is 2.95. The summed E-state index contributed by atoms with van der Waals surface area (Å²) in [5.41, 5.74) is 3.70. The van der Waals surface area contributed by atoms with Crippen LogP contribution in [0.5, 0.6) is 0 Å². The standard InChI is InChI=1S/C22H28N2O3S/c1-2-16-28(26,27)24-15-7-11-19-17-20(13-14-21(19)24)23-22(25)12-6-10-18-8-4-3-5-9-18/h3-5,8-9,13-14,17H,2,6-7,10-12,15-16H2,1H3,(H,23,25). The third kappa shape index (κ3) is 5.13. The molecule has 0 fully saturated rings. The van der Waals surface area contributed by atoms with Crippen LogP contribution in [-0.4, -0.2) is 26.6 Å². The molecule has 0 saturated heterocycles. The van der Waals surface area contributed by atoms with Gasteiger partial charge < -0.3 is 5.32 Å². The summed E-state index contributed by atoms with van der Waals surface area (Å²) in [7, 11) is -3.28. The highest BCUT2D eigenvalue weighted by molar-refractivity contribution is 7.92. The van der Waals surface area contributed by atoms with Crippen LogP contribution in [0.1, 0.15) is 43.7 Å². The Labute approximate surface area is 167 Å². The fourth-order valence-corrected chi connectivity index (χ4v) is 5.24. The minimum atomic E-state index is -3.28. The van der Waals surface area contributed by atoms with Crippen LogP contribution in [0.2, 0.25) is 0 Å². The molecule has 0 spiro atoms. The number of rotatable bonds is 8. The zero-order valence-corrected chi connectivity index (χ0v) is 17.2. The highest BCUT2D eigenvalue weighted by Crippen LogP contribution is 2.32. The average molecular weight is 401 g/mol. The van der Waals surface area contributed by atoms with Gasteiger partial charge in [-0.25, -0.2) is 8.42 Å². The van der Waals surface area contributed by atoms with Gasteiger partial charge in [0.2, 0.25) is 15.9 Å². The van der Waals surface area contributed by atoms with E-state index in [1.54, 1.807) is 6.07 Å². The topological polar surface area (TPSA) is 66.5 Å². The molecule has 1 heterocycles. The van der Waals surface area contributed by atoms with Crippen molar-refractivity contribution in [2.45, 2.75) is 45.4 Å². The molecule has 5 nitrogen and oxygen atoms in total. The fourth-order valence-electron chi connectivity index (χ4n) is 3.62. The number of carbonyl (C=O) groups is 1. The summed E-state index contributed by atoms with van der Waals surface area (Å²) < 4.78 is 26.5. The van der Waals surface area contributed by atoms with Crippen LogP contribution in [0, 0.1) is 0 Å². The van der Waals surface area contributed by atoms with Crippen LogP contribution < -0.4 is 9.62 Å². The van der Waals surface area contributed by atoms with Gasteiger partial charge in [-0.1, -0.05) is 37.3 Å². The predicted molar refractivity (Wildman–Crippen MR) is 114 cm³/mol. The van der Waals surface area contributed by atoms with Crippen molar-refractivity contribution in [1.29, 1.82) is 0 Å². The maximum Gasteiger partial charge on any atom is 0.235 e. The van der Waals surface area contributed by atoms with Gasteiger partial charge in [-0.15, -0.1) is 0 Å². The van der Waals surface area contributed by atoms with E-state index in [1.807, 2.05) is 37.3 Å². The van der Waals surface area contributed by atoms with Crippen molar-refractivity contribution in [2.24, 2.45) is 0 Å². The second-order valence-electron chi connectivity index (χ2n) is 7.22. The van der Waals surface area contributed by atoms with Gasteiger partial charge in [-0.3, -0.25) is 9.10 Å². The van der Waals surface area contributed by atoms with Gasteiger partial charge >= 0.3 is 0 Å². The van der Waals surface area contributed by atoms with Gasteiger partial charge in [0.25, 0.3) is 0 Å². The molecule has 2 aromatic rings. The number of benzene rings is 2. The Hall–Kier alpha value is -2.34. The molecule has 28 heavy (non-hydrogen) atoms. The number of amides is 1. The number of nitrogens with one attached hydrogen (secondary N) is 1. The van der Waals surface area contributed by atoms with E-state index in [9.17, 15) is 13.2 Å². The van der Waals surface area contributed by atoms with E-state index in [1.165, 1.54) is 9.87 Å². The lowest BCUT2D eigenvalue weighted by Gasteiger charge is -2.30. The van der Waals surface area contributed by atoms with Crippen LogP contribution in [0.3, 0.4) is 0 Å². The van der Waals surface area contributed by atoms with Crippen LogP contribution in [0.4, 0.5) is 11.4 Å². The molecule has 6 heteroatoms. The van der Waals surface area contributed by atoms with Crippen molar-refractivity contribution in [3.05, 3.63) is 59.7 Å². The Kier molecular flexibility index (Phi) is 6.73. The molecule has 0 aromatic heterocycles. The van der Waals surface area contributed by atoms with Gasteiger partial charge in [0.05, 0.1) is 11.4 Å². The second kappa shape index (κ2) is 9.24. The van der Waals surface area contributed by atoms with Crippen LogP contribution in [-0.2, 0) is 27.7 Å². The molecule has 0 saturated carbocycles. The van der Waals surface area contributed by atoms with Crippen molar-refractivity contribution in [1.82, 2.24) is 0 Å². The molecule has 3 rings (SSSR count). The van der Waals surface area contributed by atoms with E-state index in [2.05, 4.69) is 17.4 Å². The zero-order chi connectivity index (χ0) is 20.0. The summed E-state index contributed by atoms with van der Waals surface area (Å²) in [6.45, 7) is 2.40. The third-order valence-electron chi connectivity index (χ3n) is 4.95. The number of hydrogen-bond acceptors (Lipinski definition) is 3. The van der Waals surface area contributed by atoms with E-state index >= 15 is 0 Å². The van der Waals surface area contributed by atoms with Gasteiger partial charge in [0, 0.05) is 18.7 Å². The maximum absolute atomic E-state index is 12.5. The average Bonchev–Trinajstić information content (AvgIpc) is 2.68. The van der Waals surface area contributed by atoms with Crippen molar-refractivity contribution >= 4 is 27.3 Å². The Bertz CT molecular complexity index is 911. The summed E-state index contributed by atoms with van der Waals surface area (Å²) in [4.78, 5) is 12.3. The normalized spacial score (nSPS) is 13.8. The predicted octanol–water partition coefficient (Wildman–Crippen LogP) is 4.14. The fraction of sp³-hybridized carbons (Fsp3) is 0.409. The Morgan fingerprint density at radius 1 is 1.14 bits per heavy atom. The van der Waals surface area contributed by atoms with Gasteiger partial charge in [-0.2, -0.15) is 0 Å². The lowest BCUT2D eigenvalue weighted by Crippen LogP contribution is -2.37. The van der Waals surface area contributed by atoms with E-state index in [4.69, 9.17) is 0 Å². The molecule has 0 bridgehead atoms. The van der Waals surface area contributed by atoms with Crippen molar-refractivity contribution in [3.8, 4) is 0 Å². The number of nitrogens with zero attached hydrogens (tertiary/aromatic N) is 1. The van der Waals surface area contributed by atoms with Gasteiger partial charge in [0.15, 0.2) is 0 Å². The Balaban J connectivity index is 1.61. The molecule has 0 atom stereocenters. The quantitative estimate of drug-likeness (QED) is 0.724. The minimum Gasteiger partial charge on any atom is -0.326 e. The molecule has 0 unspecified atom stereocenters. The van der Waals surface area contributed by atoms with Crippen molar-refractivity contribution in [3.63, 3.8) is 0 Å². The van der Waals surface area contributed by atoms with Gasteiger partial charge in [-0.05, 0) is 61.4 Å². The molecule has 1 aliphatic rings. The summed E-state index contributed by atoms with van der Waals surface area (Å²) in [5.74, 6) is 0.147. The first-order valence-electron chi connectivity index (χ1n) is 9.97. The zero-order valence-electron chi connectivity index (χ0n) is 16.4. The molecule has 0 radical (unpaired) electrons.